The van der Waals surface area contributed by atoms with Crippen LogP contribution in [0.5, 0.6) is 0 Å². The van der Waals surface area contributed by atoms with Gasteiger partial charge in [0.15, 0.2) is 0 Å². The van der Waals surface area contributed by atoms with Crippen LogP contribution in [-0.4, -0.2) is 36.8 Å². The quantitative estimate of drug-likeness (QED) is 0.801. The Bertz CT molecular complexity index is 327. The Kier molecular flexibility index (Phi) is 6.05. The predicted octanol–water partition coefficient (Wildman–Crippen LogP) is 2.84. The Balaban J connectivity index is 1.67. The first-order valence-corrected chi connectivity index (χ1v) is 7.97. The number of piperidine rings is 1. The first-order valence-electron chi connectivity index (χ1n) is 6.99. The molecule has 100 valence electrons. The molecule has 1 unspecified atom stereocenters. The Labute approximate surface area is 115 Å². The summed E-state index contributed by atoms with van der Waals surface area (Å²) in [6.07, 6.45) is 3.92. The maximum atomic E-state index is 5.66. The molecule has 1 heterocycles. The standard InChI is InChI=1S/C15H24N2S/c16-9-8-14-5-4-10-17(13-14)11-12-18-15-6-2-1-3-7-15/h1-3,6-7,14H,4-5,8-13,16H2. The van der Waals surface area contributed by atoms with Crippen LogP contribution in [0.4, 0.5) is 0 Å². The molecule has 1 aromatic carbocycles. The van der Waals surface area contributed by atoms with E-state index in [1.807, 2.05) is 11.8 Å². The summed E-state index contributed by atoms with van der Waals surface area (Å²) < 4.78 is 0. The molecule has 1 saturated heterocycles. The van der Waals surface area contributed by atoms with Crippen molar-refractivity contribution < 1.29 is 0 Å². The Morgan fingerprint density at radius 2 is 2.11 bits per heavy atom. The smallest absolute Gasteiger partial charge is 0.0108 e. The molecular weight excluding hydrogens is 240 g/mol. The molecule has 18 heavy (non-hydrogen) atoms. The van der Waals surface area contributed by atoms with Crippen LogP contribution in [0, 0.1) is 5.92 Å². The minimum atomic E-state index is 0.838. The maximum Gasteiger partial charge on any atom is 0.0108 e. The lowest BCUT2D eigenvalue weighted by molar-refractivity contribution is 0.179. The Morgan fingerprint density at radius 3 is 2.89 bits per heavy atom. The fourth-order valence-electron chi connectivity index (χ4n) is 2.64. The summed E-state index contributed by atoms with van der Waals surface area (Å²) in [6, 6.07) is 10.7. The molecule has 0 aliphatic carbocycles. The lowest BCUT2D eigenvalue weighted by Gasteiger charge is -2.32. The minimum Gasteiger partial charge on any atom is -0.330 e. The second kappa shape index (κ2) is 7.82. The fourth-order valence-corrected chi connectivity index (χ4v) is 3.57. The van der Waals surface area contributed by atoms with Crippen LogP contribution in [0.15, 0.2) is 35.2 Å². The van der Waals surface area contributed by atoms with E-state index in [2.05, 4.69) is 35.2 Å². The second-order valence-electron chi connectivity index (χ2n) is 5.05. The molecule has 1 atom stereocenters. The van der Waals surface area contributed by atoms with Crippen LogP contribution in [0.2, 0.25) is 0 Å². The van der Waals surface area contributed by atoms with Crippen molar-refractivity contribution in [3.63, 3.8) is 0 Å². The van der Waals surface area contributed by atoms with Gasteiger partial charge in [0.25, 0.3) is 0 Å². The van der Waals surface area contributed by atoms with E-state index in [-0.39, 0.29) is 0 Å². The van der Waals surface area contributed by atoms with Crippen LogP contribution < -0.4 is 5.73 Å². The van der Waals surface area contributed by atoms with Crippen molar-refractivity contribution in [1.29, 1.82) is 0 Å². The average molecular weight is 264 g/mol. The van der Waals surface area contributed by atoms with Gasteiger partial charge in [-0.3, -0.25) is 0 Å². The van der Waals surface area contributed by atoms with E-state index in [4.69, 9.17) is 5.73 Å². The van der Waals surface area contributed by atoms with Crippen molar-refractivity contribution in [2.45, 2.75) is 24.2 Å². The van der Waals surface area contributed by atoms with Gasteiger partial charge in [-0.2, -0.15) is 0 Å². The van der Waals surface area contributed by atoms with Crippen LogP contribution >= 0.6 is 11.8 Å². The first kappa shape index (κ1) is 13.9. The summed E-state index contributed by atoms with van der Waals surface area (Å²) in [5, 5.41) is 0. The molecule has 0 amide bonds. The minimum absolute atomic E-state index is 0.838. The SMILES string of the molecule is NCCC1CCCN(CCSc2ccccc2)C1. The van der Waals surface area contributed by atoms with Crippen LogP contribution in [0.1, 0.15) is 19.3 Å². The largest absolute Gasteiger partial charge is 0.330 e. The highest BCUT2D eigenvalue weighted by molar-refractivity contribution is 7.99. The normalized spacial score (nSPS) is 21.1. The fraction of sp³-hybridized carbons (Fsp3) is 0.600. The highest BCUT2D eigenvalue weighted by atomic mass is 32.2. The van der Waals surface area contributed by atoms with E-state index in [1.165, 1.54) is 49.5 Å². The highest BCUT2D eigenvalue weighted by Gasteiger charge is 2.18. The molecule has 3 heteroatoms. The summed E-state index contributed by atoms with van der Waals surface area (Å²) in [5.41, 5.74) is 5.66. The molecule has 2 N–H and O–H groups in total. The Hall–Kier alpha value is -0.510. The van der Waals surface area contributed by atoms with Gasteiger partial charge >= 0.3 is 0 Å². The van der Waals surface area contributed by atoms with Crippen LogP contribution in [0.25, 0.3) is 0 Å². The van der Waals surface area contributed by atoms with Gasteiger partial charge in [0, 0.05) is 23.7 Å². The van der Waals surface area contributed by atoms with Gasteiger partial charge in [0.1, 0.15) is 0 Å². The molecule has 1 aliphatic rings. The monoisotopic (exact) mass is 264 g/mol. The Morgan fingerprint density at radius 1 is 1.28 bits per heavy atom. The predicted molar refractivity (Wildman–Crippen MR) is 80.0 cm³/mol. The average Bonchev–Trinajstić information content (AvgIpc) is 2.41. The lowest BCUT2D eigenvalue weighted by Crippen LogP contribution is -2.37. The third-order valence-corrected chi connectivity index (χ3v) is 4.59. The third-order valence-electron chi connectivity index (χ3n) is 3.60. The summed E-state index contributed by atoms with van der Waals surface area (Å²) in [7, 11) is 0. The van der Waals surface area contributed by atoms with E-state index in [9.17, 15) is 0 Å². The zero-order valence-corrected chi connectivity index (χ0v) is 11.9. The van der Waals surface area contributed by atoms with Crippen molar-refractivity contribution >= 4 is 11.8 Å². The number of hydrogen-bond donors (Lipinski definition) is 1. The maximum absolute atomic E-state index is 5.66. The lowest BCUT2D eigenvalue weighted by atomic mass is 9.95. The zero-order chi connectivity index (χ0) is 12.6. The summed E-state index contributed by atoms with van der Waals surface area (Å²) in [6.45, 7) is 4.58. The van der Waals surface area contributed by atoms with Crippen LogP contribution in [0.3, 0.4) is 0 Å². The molecule has 0 aromatic heterocycles. The molecule has 0 saturated carbocycles. The number of nitrogens with two attached hydrogens (primary N) is 1. The first-order chi connectivity index (χ1) is 8.88. The molecule has 1 aliphatic heterocycles. The van der Waals surface area contributed by atoms with E-state index >= 15 is 0 Å². The van der Waals surface area contributed by atoms with Gasteiger partial charge in [-0.25, -0.2) is 0 Å². The van der Waals surface area contributed by atoms with Gasteiger partial charge in [0.05, 0.1) is 0 Å². The van der Waals surface area contributed by atoms with Crippen LogP contribution in [-0.2, 0) is 0 Å². The van der Waals surface area contributed by atoms with Crippen molar-refractivity contribution in [3.8, 4) is 0 Å². The summed E-state index contributed by atoms with van der Waals surface area (Å²) in [5.74, 6) is 2.03. The molecule has 2 nitrogen and oxygen atoms in total. The number of rotatable bonds is 6. The molecular formula is C15H24N2S. The van der Waals surface area contributed by atoms with Gasteiger partial charge in [-0.05, 0) is 50.4 Å². The number of hydrogen-bond acceptors (Lipinski definition) is 3. The number of benzene rings is 1. The van der Waals surface area contributed by atoms with Crippen molar-refractivity contribution in [2.75, 3.05) is 31.9 Å². The topological polar surface area (TPSA) is 29.3 Å². The second-order valence-corrected chi connectivity index (χ2v) is 6.22. The molecule has 0 radical (unpaired) electrons. The molecule has 2 rings (SSSR count). The van der Waals surface area contributed by atoms with E-state index in [0.29, 0.717) is 0 Å². The third kappa shape index (κ3) is 4.63. The highest BCUT2D eigenvalue weighted by Crippen LogP contribution is 2.21. The molecule has 1 aromatic rings. The summed E-state index contributed by atoms with van der Waals surface area (Å²) in [4.78, 5) is 3.99. The number of thioether (sulfide) groups is 1. The molecule has 0 bridgehead atoms. The van der Waals surface area contributed by atoms with Crippen molar-refractivity contribution in [2.24, 2.45) is 11.7 Å². The van der Waals surface area contributed by atoms with Gasteiger partial charge < -0.3 is 10.6 Å². The van der Waals surface area contributed by atoms with E-state index < -0.39 is 0 Å². The van der Waals surface area contributed by atoms with Crippen molar-refractivity contribution in [1.82, 2.24) is 4.90 Å². The number of likely N-dealkylation sites (tertiary alicyclic amines) is 1. The molecule has 0 spiro atoms. The van der Waals surface area contributed by atoms with E-state index in [0.717, 1.165) is 12.5 Å². The van der Waals surface area contributed by atoms with Gasteiger partial charge in [-0.1, -0.05) is 18.2 Å². The number of nitrogens with zero attached hydrogens (tertiary/aromatic N) is 1. The zero-order valence-electron chi connectivity index (χ0n) is 11.1. The van der Waals surface area contributed by atoms with Gasteiger partial charge in [0.2, 0.25) is 0 Å². The molecule has 1 fully saturated rings. The summed E-state index contributed by atoms with van der Waals surface area (Å²) >= 11 is 1.96. The van der Waals surface area contributed by atoms with Crippen molar-refractivity contribution in [3.05, 3.63) is 30.3 Å². The van der Waals surface area contributed by atoms with Gasteiger partial charge in [-0.15, -0.1) is 11.8 Å². The van der Waals surface area contributed by atoms with E-state index in [1.54, 1.807) is 0 Å².